The number of amides is 1. The van der Waals surface area contributed by atoms with Crippen molar-refractivity contribution in [1.82, 2.24) is 14.8 Å². The van der Waals surface area contributed by atoms with Crippen molar-refractivity contribution in [3.63, 3.8) is 0 Å². The molecule has 0 spiro atoms. The topological polar surface area (TPSA) is 86.1 Å². The molecule has 2 heterocycles. The van der Waals surface area contributed by atoms with Crippen LogP contribution in [0.25, 0.3) is 11.3 Å². The summed E-state index contributed by atoms with van der Waals surface area (Å²) >= 11 is 1.34. The number of esters is 1. The fourth-order valence-corrected chi connectivity index (χ4v) is 3.20. The largest absolute Gasteiger partial charge is 0.465 e. The average molecular weight is 370 g/mol. The molecule has 2 aromatic heterocycles. The molecule has 1 aromatic carbocycles. The molecule has 0 aliphatic heterocycles. The number of nitrogens with zero attached hydrogens (tertiary/aromatic N) is 3. The maximum atomic E-state index is 12.4. The van der Waals surface area contributed by atoms with E-state index >= 15 is 0 Å². The maximum absolute atomic E-state index is 12.4. The number of methoxy groups -OCH3 is 1. The van der Waals surface area contributed by atoms with Crippen LogP contribution in [0.5, 0.6) is 0 Å². The zero-order valence-electron chi connectivity index (χ0n) is 14.6. The molecule has 7 nitrogen and oxygen atoms in total. The van der Waals surface area contributed by atoms with Crippen molar-refractivity contribution < 1.29 is 14.3 Å². The first kappa shape index (κ1) is 17.8. The Bertz CT molecular complexity index is 944. The lowest BCUT2D eigenvalue weighted by Crippen LogP contribution is -2.17. The Balaban J connectivity index is 1.75. The van der Waals surface area contributed by atoms with Gasteiger partial charge < -0.3 is 4.74 Å². The highest BCUT2D eigenvalue weighted by molar-refractivity contribution is 7.14. The van der Waals surface area contributed by atoms with Crippen LogP contribution < -0.4 is 5.32 Å². The van der Waals surface area contributed by atoms with Crippen molar-refractivity contribution >= 4 is 28.3 Å². The lowest BCUT2D eigenvalue weighted by molar-refractivity contribution is 0.0600. The number of rotatable bonds is 5. The van der Waals surface area contributed by atoms with Crippen molar-refractivity contribution in [3.05, 3.63) is 52.7 Å². The molecule has 1 N–H and O–H groups in total. The van der Waals surface area contributed by atoms with Gasteiger partial charge in [-0.15, -0.1) is 11.3 Å². The van der Waals surface area contributed by atoms with Crippen LogP contribution in [0.1, 0.15) is 33.5 Å². The fraction of sp³-hybridized carbons (Fsp3) is 0.222. The minimum atomic E-state index is -0.384. The third-order valence-electron chi connectivity index (χ3n) is 3.76. The third-order valence-corrected chi connectivity index (χ3v) is 4.52. The Labute approximate surface area is 154 Å². The molecular formula is C18H18N4O3S. The second kappa shape index (κ2) is 7.49. The molecule has 8 heteroatoms. The summed E-state index contributed by atoms with van der Waals surface area (Å²) < 4.78 is 6.34. The smallest absolute Gasteiger partial charge is 0.337 e. The molecule has 3 rings (SSSR count). The van der Waals surface area contributed by atoms with Crippen LogP contribution in [0.2, 0.25) is 0 Å². The quantitative estimate of drug-likeness (QED) is 0.696. The number of nitrogens with one attached hydrogen (secondary N) is 1. The van der Waals surface area contributed by atoms with Crippen LogP contribution in [0, 0.1) is 6.92 Å². The van der Waals surface area contributed by atoms with Gasteiger partial charge in [0.1, 0.15) is 5.69 Å². The van der Waals surface area contributed by atoms with Gasteiger partial charge in [-0.05, 0) is 32.0 Å². The Morgan fingerprint density at radius 1 is 1.27 bits per heavy atom. The number of carbonyl (C=O) groups is 2. The normalized spacial score (nSPS) is 10.6. The highest BCUT2D eigenvalue weighted by Gasteiger charge is 2.15. The first-order valence-electron chi connectivity index (χ1n) is 8.02. The molecule has 0 saturated carbocycles. The van der Waals surface area contributed by atoms with Crippen molar-refractivity contribution in [1.29, 1.82) is 0 Å². The fourth-order valence-electron chi connectivity index (χ4n) is 2.49. The number of carbonyl (C=O) groups excluding carboxylic acids is 2. The van der Waals surface area contributed by atoms with E-state index in [1.807, 2.05) is 19.2 Å². The Morgan fingerprint density at radius 2 is 2.00 bits per heavy atom. The van der Waals surface area contributed by atoms with Crippen molar-refractivity contribution in [2.45, 2.75) is 20.4 Å². The summed E-state index contributed by atoms with van der Waals surface area (Å²) in [6, 6.07) is 8.70. The van der Waals surface area contributed by atoms with E-state index < -0.39 is 0 Å². The molecule has 0 fully saturated rings. The van der Waals surface area contributed by atoms with E-state index in [1.165, 1.54) is 18.4 Å². The van der Waals surface area contributed by atoms with Crippen molar-refractivity contribution in [2.75, 3.05) is 12.4 Å². The summed E-state index contributed by atoms with van der Waals surface area (Å²) in [5.41, 5.74) is 3.35. The van der Waals surface area contributed by atoms with E-state index in [0.29, 0.717) is 22.9 Å². The zero-order chi connectivity index (χ0) is 18.7. The second-order valence-electron chi connectivity index (χ2n) is 5.55. The number of ether oxygens (including phenoxy) is 1. The minimum Gasteiger partial charge on any atom is -0.465 e. The molecule has 26 heavy (non-hydrogen) atoms. The zero-order valence-corrected chi connectivity index (χ0v) is 15.5. The molecule has 3 aromatic rings. The highest BCUT2D eigenvalue weighted by Crippen LogP contribution is 2.25. The van der Waals surface area contributed by atoms with E-state index in [2.05, 4.69) is 20.1 Å². The number of anilines is 1. The number of benzene rings is 1. The standard InChI is InChI=1S/C18H18N4O3S/c1-4-22-15(9-11(2)21-22)16(23)20-18-19-14(10-26-18)12-5-7-13(8-6-12)17(24)25-3/h5-10H,4H2,1-3H3,(H,19,20,23). The summed E-state index contributed by atoms with van der Waals surface area (Å²) in [6.45, 7) is 4.40. The van der Waals surface area contributed by atoms with E-state index in [9.17, 15) is 9.59 Å². The predicted molar refractivity (Wildman–Crippen MR) is 99.5 cm³/mol. The van der Waals surface area contributed by atoms with Gasteiger partial charge in [0.05, 0.1) is 24.1 Å². The van der Waals surface area contributed by atoms with Crippen molar-refractivity contribution in [2.24, 2.45) is 0 Å². The first-order chi connectivity index (χ1) is 12.5. The Hall–Kier alpha value is -3.00. The second-order valence-corrected chi connectivity index (χ2v) is 6.41. The minimum absolute atomic E-state index is 0.241. The molecular weight excluding hydrogens is 352 g/mol. The Kier molecular flexibility index (Phi) is 5.13. The third kappa shape index (κ3) is 3.65. The van der Waals surface area contributed by atoms with E-state index in [-0.39, 0.29) is 11.9 Å². The lowest BCUT2D eigenvalue weighted by Gasteiger charge is -2.04. The van der Waals surface area contributed by atoms with Gasteiger partial charge in [-0.25, -0.2) is 9.78 Å². The van der Waals surface area contributed by atoms with Gasteiger partial charge >= 0.3 is 5.97 Å². The molecule has 0 atom stereocenters. The van der Waals surface area contributed by atoms with Crippen LogP contribution in [0.4, 0.5) is 5.13 Å². The monoisotopic (exact) mass is 370 g/mol. The molecule has 0 unspecified atom stereocenters. The number of thiazole rings is 1. The molecule has 0 aliphatic carbocycles. The molecule has 0 aliphatic rings. The number of aromatic nitrogens is 3. The summed E-state index contributed by atoms with van der Waals surface area (Å²) in [5, 5.41) is 9.44. The highest BCUT2D eigenvalue weighted by atomic mass is 32.1. The summed E-state index contributed by atoms with van der Waals surface area (Å²) in [5.74, 6) is -0.625. The van der Waals surface area contributed by atoms with Crippen LogP contribution in [-0.4, -0.2) is 33.8 Å². The number of hydrogen-bond acceptors (Lipinski definition) is 6. The SMILES string of the molecule is CCn1nc(C)cc1C(=O)Nc1nc(-c2ccc(C(=O)OC)cc2)cs1. The molecule has 134 valence electrons. The van der Waals surface area contributed by atoms with Crippen LogP contribution in [-0.2, 0) is 11.3 Å². The maximum Gasteiger partial charge on any atom is 0.337 e. The molecule has 0 radical (unpaired) electrons. The van der Waals surface area contributed by atoms with Gasteiger partial charge in [0.15, 0.2) is 5.13 Å². The predicted octanol–water partition coefficient (Wildman–Crippen LogP) is 3.37. The average Bonchev–Trinajstić information content (AvgIpc) is 3.27. The molecule has 0 bridgehead atoms. The van der Waals surface area contributed by atoms with Gasteiger partial charge in [-0.1, -0.05) is 12.1 Å². The van der Waals surface area contributed by atoms with Crippen LogP contribution >= 0.6 is 11.3 Å². The van der Waals surface area contributed by atoms with E-state index in [4.69, 9.17) is 0 Å². The lowest BCUT2D eigenvalue weighted by atomic mass is 10.1. The van der Waals surface area contributed by atoms with Gasteiger partial charge in [-0.2, -0.15) is 5.10 Å². The van der Waals surface area contributed by atoms with Gasteiger partial charge in [0.2, 0.25) is 0 Å². The first-order valence-corrected chi connectivity index (χ1v) is 8.90. The number of hydrogen-bond donors (Lipinski definition) is 1. The van der Waals surface area contributed by atoms with E-state index in [0.717, 1.165) is 17.0 Å². The Morgan fingerprint density at radius 3 is 2.65 bits per heavy atom. The number of aryl methyl sites for hydroxylation is 2. The summed E-state index contributed by atoms with van der Waals surface area (Å²) in [7, 11) is 1.34. The van der Waals surface area contributed by atoms with Gasteiger partial charge in [0, 0.05) is 17.5 Å². The van der Waals surface area contributed by atoms with Crippen LogP contribution in [0.15, 0.2) is 35.7 Å². The van der Waals surface area contributed by atoms with Crippen LogP contribution in [0.3, 0.4) is 0 Å². The molecule has 1 amide bonds. The van der Waals surface area contributed by atoms with Gasteiger partial charge in [0.25, 0.3) is 5.91 Å². The summed E-state index contributed by atoms with van der Waals surface area (Å²) in [6.07, 6.45) is 0. The molecule has 0 saturated heterocycles. The van der Waals surface area contributed by atoms with E-state index in [1.54, 1.807) is 35.0 Å². The summed E-state index contributed by atoms with van der Waals surface area (Å²) in [4.78, 5) is 28.4. The van der Waals surface area contributed by atoms with Gasteiger partial charge in [-0.3, -0.25) is 14.8 Å². The van der Waals surface area contributed by atoms with Crippen molar-refractivity contribution in [3.8, 4) is 11.3 Å².